The number of aromatic carboxylic acids is 1. The van der Waals surface area contributed by atoms with Gasteiger partial charge in [-0.25, -0.2) is 4.79 Å². The fraction of sp³-hybridized carbons (Fsp3) is 0.370. The highest BCUT2D eigenvalue weighted by Gasteiger charge is 2.44. The molecule has 3 aromatic rings. The smallest absolute Gasteiger partial charge is 0.335 e. The summed E-state index contributed by atoms with van der Waals surface area (Å²) in [6, 6.07) is 15.8. The topological polar surface area (TPSA) is 70.4 Å². The van der Waals surface area contributed by atoms with Crippen LogP contribution >= 0.6 is 12.2 Å². The molecule has 5 rings (SSSR count). The molecular formula is C27H30N4O2S. The van der Waals surface area contributed by atoms with E-state index in [1.165, 1.54) is 24.8 Å². The number of pyridine rings is 1. The van der Waals surface area contributed by atoms with Crippen molar-refractivity contribution in [2.45, 2.75) is 64.1 Å². The number of carboxylic acid groups (broad SMARTS) is 1. The Kier molecular flexibility index (Phi) is 6.13. The highest BCUT2D eigenvalue weighted by molar-refractivity contribution is 7.80. The minimum Gasteiger partial charge on any atom is -0.478 e. The molecule has 0 bridgehead atoms. The predicted octanol–water partition coefficient (Wildman–Crippen LogP) is 5.49. The van der Waals surface area contributed by atoms with E-state index in [4.69, 9.17) is 12.2 Å². The van der Waals surface area contributed by atoms with Crippen LogP contribution in [0.15, 0.2) is 54.7 Å². The molecule has 1 saturated carbocycles. The fourth-order valence-electron chi connectivity index (χ4n) is 5.69. The summed E-state index contributed by atoms with van der Waals surface area (Å²) >= 11 is 5.92. The zero-order chi connectivity index (χ0) is 23.8. The number of benzene rings is 1. The van der Waals surface area contributed by atoms with Crippen LogP contribution in [0.1, 0.15) is 77.2 Å². The summed E-state index contributed by atoms with van der Waals surface area (Å²) in [6.07, 6.45) is 7.91. The molecule has 0 amide bonds. The van der Waals surface area contributed by atoms with Gasteiger partial charge < -0.3 is 19.9 Å². The molecular weight excluding hydrogens is 444 g/mol. The third-order valence-corrected chi connectivity index (χ3v) is 7.59. The average molecular weight is 475 g/mol. The zero-order valence-electron chi connectivity index (χ0n) is 19.6. The quantitative estimate of drug-likeness (QED) is 0.477. The second kappa shape index (κ2) is 9.22. The molecule has 176 valence electrons. The van der Waals surface area contributed by atoms with Crippen molar-refractivity contribution in [3.63, 3.8) is 0 Å². The molecule has 0 unspecified atom stereocenters. The molecule has 7 heteroatoms. The fourth-order valence-corrected chi connectivity index (χ4v) is 6.08. The van der Waals surface area contributed by atoms with Crippen LogP contribution in [-0.2, 0) is 0 Å². The summed E-state index contributed by atoms with van der Waals surface area (Å²) in [5.74, 6) is -0.917. The van der Waals surface area contributed by atoms with E-state index in [9.17, 15) is 9.90 Å². The first-order valence-corrected chi connectivity index (χ1v) is 12.4. The largest absolute Gasteiger partial charge is 0.478 e. The van der Waals surface area contributed by atoms with Gasteiger partial charge in [0.05, 0.1) is 23.3 Å². The van der Waals surface area contributed by atoms with Crippen LogP contribution in [0, 0.1) is 13.8 Å². The molecule has 1 aromatic carbocycles. The van der Waals surface area contributed by atoms with E-state index < -0.39 is 5.97 Å². The van der Waals surface area contributed by atoms with Crippen LogP contribution in [0.3, 0.4) is 0 Å². The molecule has 0 radical (unpaired) electrons. The minimum atomic E-state index is -0.917. The lowest BCUT2D eigenvalue weighted by molar-refractivity contribution is 0.0697. The molecule has 2 atom stereocenters. The lowest BCUT2D eigenvalue weighted by Crippen LogP contribution is -2.40. The number of aryl methyl sites for hydroxylation is 1. The van der Waals surface area contributed by atoms with Crippen molar-refractivity contribution in [3.05, 3.63) is 82.9 Å². The Morgan fingerprint density at radius 1 is 1.09 bits per heavy atom. The maximum absolute atomic E-state index is 11.3. The van der Waals surface area contributed by atoms with Gasteiger partial charge in [0.15, 0.2) is 5.11 Å². The van der Waals surface area contributed by atoms with Crippen molar-refractivity contribution < 1.29 is 9.90 Å². The number of hydrogen-bond donors (Lipinski definition) is 2. The van der Waals surface area contributed by atoms with Crippen molar-refractivity contribution >= 4 is 23.3 Å². The number of nitrogens with one attached hydrogen (secondary N) is 1. The van der Waals surface area contributed by atoms with Crippen LogP contribution in [0.2, 0.25) is 0 Å². The van der Waals surface area contributed by atoms with Gasteiger partial charge in [0, 0.05) is 29.3 Å². The lowest BCUT2D eigenvalue weighted by Gasteiger charge is -2.37. The van der Waals surface area contributed by atoms with Crippen molar-refractivity contribution in [3.8, 4) is 5.69 Å². The Balaban J connectivity index is 1.60. The van der Waals surface area contributed by atoms with E-state index in [0.29, 0.717) is 6.04 Å². The van der Waals surface area contributed by atoms with Crippen LogP contribution in [0.25, 0.3) is 5.69 Å². The van der Waals surface area contributed by atoms with Gasteiger partial charge in [-0.2, -0.15) is 0 Å². The third-order valence-electron chi connectivity index (χ3n) is 7.26. The predicted molar refractivity (Wildman–Crippen MR) is 136 cm³/mol. The van der Waals surface area contributed by atoms with Crippen molar-refractivity contribution in [1.29, 1.82) is 0 Å². The van der Waals surface area contributed by atoms with E-state index in [1.807, 2.05) is 30.5 Å². The lowest BCUT2D eigenvalue weighted by atomic mass is 9.90. The summed E-state index contributed by atoms with van der Waals surface area (Å²) in [5, 5.41) is 13.7. The summed E-state index contributed by atoms with van der Waals surface area (Å²) in [4.78, 5) is 18.4. The number of hydrogen-bond acceptors (Lipinski definition) is 3. The normalized spacial score (nSPS) is 21.0. The van der Waals surface area contributed by atoms with Gasteiger partial charge in [-0.05, 0) is 86.9 Å². The maximum atomic E-state index is 11.3. The molecule has 3 heterocycles. The number of aromatic nitrogens is 2. The van der Waals surface area contributed by atoms with E-state index in [2.05, 4.69) is 45.7 Å². The SMILES string of the molecule is Cc1cc([C@H]2[C@@H](c3ccccn3)NC(=S)N2C2CCCCC2)c(C)n1-c1ccc(C(=O)O)cc1. The van der Waals surface area contributed by atoms with Crippen LogP contribution in [0.4, 0.5) is 0 Å². The second-order valence-electron chi connectivity index (χ2n) is 9.34. The Bertz CT molecular complexity index is 1200. The Labute approximate surface area is 205 Å². The first-order chi connectivity index (χ1) is 16.5. The molecule has 2 aromatic heterocycles. The zero-order valence-corrected chi connectivity index (χ0v) is 20.4. The van der Waals surface area contributed by atoms with Gasteiger partial charge in [-0.1, -0.05) is 25.3 Å². The Morgan fingerprint density at radius 2 is 1.82 bits per heavy atom. The molecule has 2 fully saturated rings. The van der Waals surface area contributed by atoms with Crippen LogP contribution in [0.5, 0.6) is 0 Å². The van der Waals surface area contributed by atoms with Crippen LogP contribution in [-0.4, -0.2) is 36.7 Å². The highest BCUT2D eigenvalue weighted by Crippen LogP contribution is 2.44. The van der Waals surface area contributed by atoms with Crippen LogP contribution < -0.4 is 5.32 Å². The van der Waals surface area contributed by atoms with Gasteiger partial charge >= 0.3 is 5.97 Å². The minimum absolute atomic E-state index is 0.0287. The molecule has 1 aliphatic heterocycles. The van der Waals surface area contributed by atoms with Gasteiger partial charge in [0.2, 0.25) is 0 Å². The molecule has 1 aliphatic carbocycles. The Morgan fingerprint density at radius 3 is 2.47 bits per heavy atom. The number of carboxylic acids is 1. The van der Waals surface area contributed by atoms with Crippen molar-refractivity contribution in [2.24, 2.45) is 0 Å². The summed E-state index contributed by atoms with van der Waals surface area (Å²) in [5.41, 5.74) is 5.71. The molecule has 1 saturated heterocycles. The highest BCUT2D eigenvalue weighted by atomic mass is 32.1. The second-order valence-corrected chi connectivity index (χ2v) is 9.73. The molecule has 2 aliphatic rings. The standard InChI is InChI=1S/C27H30N4O2S/c1-17-16-22(18(2)30(17)21-13-11-19(12-14-21)26(32)33)25-24(23-10-6-7-15-28-23)29-27(34)31(25)20-8-4-3-5-9-20/h6-7,10-16,20,24-25H,3-5,8-9H2,1-2H3,(H,29,34)(H,32,33)/t24-,25+/m1/s1. The summed E-state index contributed by atoms with van der Waals surface area (Å²) in [6.45, 7) is 4.24. The number of rotatable bonds is 5. The van der Waals surface area contributed by atoms with Gasteiger partial charge in [-0.15, -0.1) is 0 Å². The average Bonchev–Trinajstić information content (AvgIpc) is 3.35. The number of carbonyl (C=O) groups is 1. The van der Waals surface area contributed by atoms with E-state index >= 15 is 0 Å². The summed E-state index contributed by atoms with van der Waals surface area (Å²) in [7, 11) is 0. The molecule has 34 heavy (non-hydrogen) atoms. The number of thiocarbonyl (C=S) groups is 1. The molecule has 6 nitrogen and oxygen atoms in total. The van der Waals surface area contributed by atoms with Crippen molar-refractivity contribution in [2.75, 3.05) is 0 Å². The summed E-state index contributed by atoms with van der Waals surface area (Å²) < 4.78 is 2.21. The van der Waals surface area contributed by atoms with Gasteiger partial charge in [0.25, 0.3) is 0 Å². The first kappa shape index (κ1) is 22.6. The van der Waals surface area contributed by atoms with Gasteiger partial charge in [-0.3, -0.25) is 4.98 Å². The molecule has 0 spiro atoms. The van der Waals surface area contributed by atoms with Crippen molar-refractivity contribution in [1.82, 2.24) is 19.8 Å². The molecule has 2 N–H and O–H groups in total. The van der Waals surface area contributed by atoms with E-state index in [0.717, 1.165) is 40.7 Å². The van der Waals surface area contributed by atoms with E-state index in [1.54, 1.807) is 12.1 Å². The first-order valence-electron chi connectivity index (χ1n) is 12.0. The van der Waals surface area contributed by atoms with Gasteiger partial charge in [0.1, 0.15) is 0 Å². The Hall–Kier alpha value is -3.19. The maximum Gasteiger partial charge on any atom is 0.335 e. The monoisotopic (exact) mass is 474 g/mol. The number of nitrogens with zero attached hydrogens (tertiary/aromatic N) is 3. The third kappa shape index (κ3) is 3.98. The van der Waals surface area contributed by atoms with E-state index in [-0.39, 0.29) is 17.6 Å².